The normalized spacial score (nSPS) is 12.5. The second kappa shape index (κ2) is 8.49. The molecule has 0 fully saturated rings. The van der Waals surface area contributed by atoms with Gasteiger partial charge >= 0.3 is 0 Å². The third kappa shape index (κ3) is 5.27. The van der Waals surface area contributed by atoms with Gasteiger partial charge in [-0.25, -0.2) is 9.97 Å². The lowest BCUT2D eigenvalue weighted by atomic mass is 10.1. The maximum absolute atomic E-state index is 12.2. The Morgan fingerprint density at radius 2 is 2.19 bits per heavy atom. The van der Waals surface area contributed by atoms with Crippen LogP contribution in [-0.4, -0.2) is 48.0 Å². The average molecular weight is 388 g/mol. The van der Waals surface area contributed by atoms with Gasteiger partial charge in [0.2, 0.25) is 5.89 Å². The molecule has 27 heavy (non-hydrogen) atoms. The smallest absolute Gasteiger partial charge is 0.273 e. The van der Waals surface area contributed by atoms with E-state index in [1.807, 2.05) is 39.2 Å². The summed E-state index contributed by atoms with van der Waals surface area (Å²) in [5, 5.41) is 3.90. The van der Waals surface area contributed by atoms with Crippen LogP contribution in [0.25, 0.3) is 10.2 Å². The van der Waals surface area contributed by atoms with Crippen LogP contribution in [0.3, 0.4) is 0 Å². The number of oxazole rings is 1. The van der Waals surface area contributed by atoms with E-state index in [-0.39, 0.29) is 18.2 Å². The molecule has 7 nitrogen and oxygen atoms in total. The molecular weight excluding hydrogens is 364 g/mol. The monoisotopic (exact) mass is 388 g/mol. The number of rotatable bonds is 8. The summed E-state index contributed by atoms with van der Waals surface area (Å²) in [4.78, 5) is 22.9. The highest BCUT2D eigenvalue weighted by atomic mass is 32.1. The standard InChI is InChI=1S/C19H24N4O3S/c1-12(9-23(3)4)8-20-19(24)16-10-26-18(22-16)11-25-14-5-6-17-15(7-14)21-13(2)27-17/h5-7,10,12H,8-9,11H2,1-4H3,(H,20,24)/t12-/m1/s1. The van der Waals surface area contributed by atoms with E-state index in [1.165, 1.54) is 6.26 Å². The molecule has 0 saturated heterocycles. The first-order valence-corrected chi connectivity index (χ1v) is 9.59. The van der Waals surface area contributed by atoms with E-state index < -0.39 is 0 Å². The highest BCUT2D eigenvalue weighted by Gasteiger charge is 2.14. The molecule has 0 spiro atoms. The van der Waals surface area contributed by atoms with Crippen molar-refractivity contribution in [3.8, 4) is 5.75 Å². The Morgan fingerprint density at radius 3 is 2.96 bits per heavy atom. The topological polar surface area (TPSA) is 80.5 Å². The van der Waals surface area contributed by atoms with Gasteiger partial charge in [-0.15, -0.1) is 11.3 Å². The Balaban J connectivity index is 1.53. The fourth-order valence-electron chi connectivity index (χ4n) is 2.78. The molecule has 2 aromatic heterocycles. The number of nitrogens with zero attached hydrogens (tertiary/aromatic N) is 3. The molecule has 0 aliphatic heterocycles. The zero-order valence-electron chi connectivity index (χ0n) is 16.0. The Morgan fingerprint density at radius 1 is 1.37 bits per heavy atom. The van der Waals surface area contributed by atoms with Crippen LogP contribution in [0.4, 0.5) is 0 Å². The first-order valence-electron chi connectivity index (χ1n) is 8.78. The van der Waals surface area contributed by atoms with Crippen molar-refractivity contribution in [3.05, 3.63) is 41.1 Å². The van der Waals surface area contributed by atoms with Gasteiger partial charge in [0.25, 0.3) is 5.91 Å². The van der Waals surface area contributed by atoms with Gasteiger partial charge in [-0.1, -0.05) is 6.92 Å². The predicted molar refractivity (Wildman–Crippen MR) is 105 cm³/mol. The summed E-state index contributed by atoms with van der Waals surface area (Å²) in [7, 11) is 4.02. The molecule has 0 aliphatic carbocycles. The molecule has 8 heteroatoms. The number of fused-ring (bicyclic) bond motifs is 1. The Kier molecular flexibility index (Phi) is 6.08. The van der Waals surface area contributed by atoms with Crippen molar-refractivity contribution >= 4 is 27.5 Å². The van der Waals surface area contributed by atoms with Crippen molar-refractivity contribution in [2.75, 3.05) is 27.2 Å². The zero-order valence-corrected chi connectivity index (χ0v) is 16.8. The minimum Gasteiger partial charge on any atom is -0.484 e. The van der Waals surface area contributed by atoms with Crippen LogP contribution < -0.4 is 10.1 Å². The Labute approximate surface area is 162 Å². The van der Waals surface area contributed by atoms with Crippen molar-refractivity contribution in [1.29, 1.82) is 0 Å². The summed E-state index contributed by atoms with van der Waals surface area (Å²) in [6, 6.07) is 5.77. The number of carbonyl (C=O) groups is 1. The molecule has 144 valence electrons. The van der Waals surface area contributed by atoms with Crippen LogP contribution in [0.2, 0.25) is 0 Å². The van der Waals surface area contributed by atoms with E-state index in [1.54, 1.807) is 11.3 Å². The Hall–Kier alpha value is -2.45. The molecule has 2 heterocycles. The van der Waals surface area contributed by atoms with Gasteiger partial charge in [0, 0.05) is 19.2 Å². The highest BCUT2D eigenvalue weighted by molar-refractivity contribution is 7.18. The number of ether oxygens (including phenoxy) is 1. The molecule has 3 rings (SSSR count). The molecule has 0 radical (unpaired) electrons. The number of benzene rings is 1. The van der Waals surface area contributed by atoms with Crippen molar-refractivity contribution < 1.29 is 13.9 Å². The van der Waals surface area contributed by atoms with E-state index in [9.17, 15) is 4.79 Å². The number of nitrogens with one attached hydrogen (secondary N) is 1. The maximum Gasteiger partial charge on any atom is 0.273 e. The lowest BCUT2D eigenvalue weighted by molar-refractivity contribution is 0.0940. The van der Waals surface area contributed by atoms with E-state index in [4.69, 9.17) is 9.15 Å². The van der Waals surface area contributed by atoms with Gasteiger partial charge in [-0.05, 0) is 39.1 Å². The van der Waals surface area contributed by atoms with Gasteiger partial charge in [0.1, 0.15) is 12.0 Å². The van der Waals surface area contributed by atoms with Crippen LogP contribution in [0.5, 0.6) is 5.75 Å². The second-order valence-corrected chi connectivity index (χ2v) is 8.09. The number of hydrogen-bond acceptors (Lipinski definition) is 7. The minimum absolute atomic E-state index is 0.152. The van der Waals surface area contributed by atoms with Crippen LogP contribution in [0.1, 0.15) is 28.3 Å². The fraction of sp³-hybridized carbons (Fsp3) is 0.421. The number of aromatic nitrogens is 2. The number of carbonyl (C=O) groups excluding carboxylic acids is 1. The number of hydrogen-bond donors (Lipinski definition) is 1. The number of thiazole rings is 1. The number of aryl methyl sites for hydroxylation is 1. The first-order chi connectivity index (χ1) is 12.9. The van der Waals surface area contributed by atoms with Crippen molar-refractivity contribution in [3.63, 3.8) is 0 Å². The van der Waals surface area contributed by atoms with Crippen molar-refractivity contribution in [2.45, 2.75) is 20.5 Å². The maximum atomic E-state index is 12.2. The van der Waals surface area contributed by atoms with Gasteiger partial charge in [0.05, 0.1) is 15.2 Å². The summed E-state index contributed by atoms with van der Waals surface area (Å²) in [6.45, 7) is 5.71. The lowest BCUT2D eigenvalue weighted by Crippen LogP contribution is -2.33. The summed E-state index contributed by atoms with van der Waals surface area (Å²) >= 11 is 1.65. The summed E-state index contributed by atoms with van der Waals surface area (Å²) in [6.07, 6.45) is 1.36. The summed E-state index contributed by atoms with van der Waals surface area (Å²) < 4.78 is 12.2. The number of amides is 1. The SMILES string of the molecule is Cc1nc2cc(OCc3nc(C(=O)NC[C@@H](C)CN(C)C)co3)ccc2s1. The molecule has 3 aromatic rings. The molecule has 0 bridgehead atoms. The summed E-state index contributed by atoms with van der Waals surface area (Å²) in [5.41, 5.74) is 1.17. The molecule has 1 aromatic carbocycles. The third-order valence-electron chi connectivity index (χ3n) is 3.90. The van der Waals surface area contributed by atoms with E-state index in [0.29, 0.717) is 24.1 Å². The van der Waals surface area contributed by atoms with Crippen molar-refractivity contribution in [2.24, 2.45) is 5.92 Å². The minimum atomic E-state index is -0.241. The largest absolute Gasteiger partial charge is 0.484 e. The molecule has 0 unspecified atom stereocenters. The van der Waals surface area contributed by atoms with Gasteiger partial charge < -0.3 is 19.4 Å². The predicted octanol–water partition coefficient (Wildman–Crippen LogP) is 3.10. The lowest BCUT2D eigenvalue weighted by Gasteiger charge is -2.16. The van der Waals surface area contributed by atoms with E-state index >= 15 is 0 Å². The van der Waals surface area contributed by atoms with Crippen LogP contribution >= 0.6 is 11.3 Å². The van der Waals surface area contributed by atoms with E-state index in [0.717, 1.165) is 21.8 Å². The molecule has 0 aliphatic rings. The van der Waals surface area contributed by atoms with Gasteiger partial charge in [0.15, 0.2) is 12.3 Å². The van der Waals surface area contributed by atoms with E-state index in [2.05, 4.69) is 27.1 Å². The average Bonchev–Trinajstić information content (AvgIpc) is 3.22. The first kappa shape index (κ1) is 19.3. The van der Waals surface area contributed by atoms with Gasteiger partial charge in [-0.2, -0.15) is 0 Å². The second-order valence-electron chi connectivity index (χ2n) is 6.86. The Bertz CT molecular complexity index is 919. The molecule has 0 saturated carbocycles. The quantitative estimate of drug-likeness (QED) is 0.639. The molecule has 1 atom stereocenters. The molecule has 1 N–H and O–H groups in total. The molecular formula is C19H24N4O3S. The fourth-order valence-corrected chi connectivity index (χ4v) is 3.59. The van der Waals surface area contributed by atoms with Crippen LogP contribution in [-0.2, 0) is 6.61 Å². The highest BCUT2D eigenvalue weighted by Crippen LogP contribution is 2.25. The summed E-state index contributed by atoms with van der Waals surface area (Å²) in [5.74, 6) is 1.16. The van der Waals surface area contributed by atoms with Gasteiger partial charge in [-0.3, -0.25) is 4.79 Å². The molecule has 1 amide bonds. The van der Waals surface area contributed by atoms with Crippen molar-refractivity contribution in [1.82, 2.24) is 20.2 Å². The third-order valence-corrected chi connectivity index (χ3v) is 4.85. The van der Waals surface area contributed by atoms with Crippen LogP contribution in [0, 0.1) is 12.8 Å². The van der Waals surface area contributed by atoms with Crippen LogP contribution in [0.15, 0.2) is 28.9 Å². The zero-order chi connectivity index (χ0) is 19.4.